The Morgan fingerprint density at radius 1 is 1.55 bits per heavy atom. The minimum Gasteiger partial charge on any atom is -0.491 e. The maximum atomic E-state index is 11.4. The van der Waals surface area contributed by atoms with E-state index in [-0.39, 0.29) is 11.8 Å². The van der Waals surface area contributed by atoms with E-state index in [0.29, 0.717) is 23.1 Å². The van der Waals surface area contributed by atoms with Crippen molar-refractivity contribution in [2.75, 3.05) is 13.7 Å². The number of carbonyl (C=O) groups excluding carboxylic acids is 1. The maximum absolute atomic E-state index is 11.4. The lowest BCUT2D eigenvalue weighted by molar-refractivity contribution is -0.122. The quantitative estimate of drug-likeness (QED) is 0.648. The lowest BCUT2D eigenvalue weighted by Gasteiger charge is -2.11. The number of ether oxygens (including phenoxy) is 2. The maximum Gasteiger partial charge on any atom is 0.243 e. The van der Waals surface area contributed by atoms with Crippen molar-refractivity contribution in [2.45, 2.75) is 19.8 Å². The second kappa shape index (κ2) is 6.61. The van der Waals surface area contributed by atoms with E-state index in [4.69, 9.17) is 21.1 Å². The van der Waals surface area contributed by atoms with Gasteiger partial charge in [-0.1, -0.05) is 11.6 Å². The van der Waals surface area contributed by atoms with Crippen LogP contribution in [0.15, 0.2) is 17.2 Å². The van der Waals surface area contributed by atoms with E-state index in [1.807, 2.05) is 6.92 Å². The van der Waals surface area contributed by atoms with Crippen LogP contribution < -0.4 is 14.9 Å². The van der Waals surface area contributed by atoms with Crippen LogP contribution in [0, 0.1) is 5.92 Å². The minimum atomic E-state index is -0.0362. The molecule has 1 aliphatic rings. The highest BCUT2D eigenvalue weighted by molar-refractivity contribution is 6.32. The van der Waals surface area contributed by atoms with Crippen LogP contribution >= 0.6 is 11.6 Å². The number of halogens is 1. The Kier molecular flexibility index (Phi) is 4.84. The van der Waals surface area contributed by atoms with Gasteiger partial charge >= 0.3 is 0 Å². The number of rotatable bonds is 6. The molecule has 0 aliphatic heterocycles. The van der Waals surface area contributed by atoms with Crippen molar-refractivity contribution in [2.24, 2.45) is 11.0 Å². The average Bonchev–Trinajstić information content (AvgIpc) is 3.23. The van der Waals surface area contributed by atoms with E-state index in [9.17, 15) is 4.79 Å². The van der Waals surface area contributed by atoms with Gasteiger partial charge in [0, 0.05) is 5.92 Å². The van der Waals surface area contributed by atoms with Crippen LogP contribution in [0.4, 0.5) is 0 Å². The molecule has 20 heavy (non-hydrogen) atoms. The summed E-state index contributed by atoms with van der Waals surface area (Å²) in [5, 5.41) is 4.36. The zero-order valence-corrected chi connectivity index (χ0v) is 12.2. The van der Waals surface area contributed by atoms with Crippen molar-refractivity contribution in [3.05, 3.63) is 22.7 Å². The number of nitrogens with zero attached hydrogens (tertiary/aromatic N) is 1. The van der Waals surface area contributed by atoms with Gasteiger partial charge in [-0.2, -0.15) is 5.10 Å². The van der Waals surface area contributed by atoms with E-state index >= 15 is 0 Å². The third kappa shape index (κ3) is 3.63. The average molecular weight is 297 g/mol. The summed E-state index contributed by atoms with van der Waals surface area (Å²) in [7, 11) is 1.54. The molecule has 0 bridgehead atoms. The fraction of sp³-hybridized carbons (Fsp3) is 0.429. The van der Waals surface area contributed by atoms with Crippen LogP contribution in [0.25, 0.3) is 0 Å². The van der Waals surface area contributed by atoms with E-state index in [1.165, 1.54) is 13.3 Å². The largest absolute Gasteiger partial charge is 0.491 e. The predicted octanol–water partition coefficient (Wildman–Crippen LogP) is 2.61. The lowest BCUT2D eigenvalue weighted by atomic mass is 10.2. The molecule has 0 spiro atoms. The molecule has 0 unspecified atom stereocenters. The molecule has 108 valence electrons. The Morgan fingerprint density at radius 2 is 2.30 bits per heavy atom. The molecule has 0 heterocycles. The Bertz CT molecular complexity index is 527. The lowest BCUT2D eigenvalue weighted by Crippen LogP contribution is -2.18. The molecule has 0 radical (unpaired) electrons. The molecule has 2 rings (SSSR count). The summed E-state index contributed by atoms with van der Waals surface area (Å²) in [5.41, 5.74) is 3.24. The first-order valence-corrected chi connectivity index (χ1v) is 6.86. The number of carbonyl (C=O) groups is 1. The highest BCUT2D eigenvalue weighted by Gasteiger charge is 2.29. The van der Waals surface area contributed by atoms with Gasteiger partial charge < -0.3 is 9.47 Å². The second-order valence-corrected chi connectivity index (χ2v) is 4.88. The number of benzene rings is 1. The molecule has 1 aliphatic carbocycles. The molecule has 0 aromatic heterocycles. The molecule has 1 aromatic carbocycles. The monoisotopic (exact) mass is 296 g/mol. The van der Waals surface area contributed by atoms with Gasteiger partial charge in [0.1, 0.15) is 0 Å². The van der Waals surface area contributed by atoms with Gasteiger partial charge in [-0.3, -0.25) is 4.79 Å². The van der Waals surface area contributed by atoms with Gasteiger partial charge in [-0.05, 0) is 37.5 Å². The zero-order chi connectivity index (χ0) is 14.5. The van der Waals surface area contributed by atoms with Crippen molar-refractivity contribution >= 4 is 23.7 Å². The number of methoxy groups -OCH3 is 1. The summed E-state index contributed by atoms with van der Waals surface area (Å²) in [4.78, 5) is 11.4. The van der Waals surface area contributed by atoms with E-state index in [0.717, 1.165) is 18.4 Å². The number of hydrazone groups is 1. The first-order valence-electron chi connectivity index (χ1n) is 6.49. The zero-order valence-electron chi connectivity index (χ0n) is 11.5. The standard InChI is InChI=1S/C14H17ClN2O3/c1-3-20-12-7-9(6-11(15)13(12)19-2)8-16-17-14(18)10-4-5-10/h6-8,10H,3-5H2,1-2H3,(H,17,18)/b16-8-. The van der Waals surface area contributed by atoms with Crippen molar-refractivity contribution in [1.29, 1.82) is 0 Å². The van der Waals surface area contributed by atoms with Gasteiger partial charge in [0.05, 0.1) is 25.0 Å². The topological polar surface area (TPSA) is 59.9 Å². The van der Waals surface area contributed by atoms with Crippen LogP contribution in [0.3, 0.4) is 0 Å². The predicted molar refractivity (Wildman–Crippen MR) is 77.6 cm³/mol. The summed E-state index contributed by atoms with van der Waals surface area (Å²) >= 11 is 6.12. The van der Waals surface area contributed by atoms with E-state index in [2.05, 4.69) is 10.5 Å². The van der Waals surface area contributed by atoms with Gasteiger partial charge in [-0.15, -0.1) is 0 Å². The Labute approximate surface area is 122 Å². The fourth-order valence-corrected chi connectivity index (χ4v) is 2.03. The third-order valence-electron chi connectivity index (χ3n) is 2.87. The molecule has 0 atom stereocenters. The Morgan fingerprint density at radius 3 is 2.90 bits per heavy atom. The van der Waals surface area contributed by atoms with Crippen LogP contribution in [0.5, 0.6) is 11.5 Å². The van der Waals surface area contributed by atoms with Gasteiger partial charge in [-0.25, -0.2) is 5.43 Å². The fourth-order valence-electron chi connectivity index (χ4n) is 1.73. The SMILES string of the molecule is CCOc1cc(/C=N\NC(=O)C2CC2)cc(Cl)c1OC. The van der Waals surface area contributed by atoms with Crippen molar-refractivity contribution in [3.8, 4) is 11.5 Å². The number of nitrogens with one attached hydrogen (secondary N) is 1. The number of amides is 1. The smallest absolute Gasteiger partial charge is 0.243 e. The van der Waals surface area contributed by atoms with E-state index in [1.54, 1.807) is 12.1 Å². The van der Waals surface area contributed by atoms with E-state index < -0.39 is 0 Å². The number of hydrogen-bond acceptors (Lipinski definition) is 4. The first-order chi connectivity index (χ1) is 9.65. The minimum absolute atomic E-state index is 0.0362. The second-order valence-electron chi connectivity index (χ2n) is 4.48. The summed E-state index contributed by atoms with van der Waals surface area (Å²) in [6.07, 6.45) is 3.43. The van der Waals surface area contributed by atoms with Crippen molar-refractivity contribution in [3.63, 3.8) is 0 Å². The van der Waals surface area contributed by atoms with Crippen LogP contribution in [-0.4, -0.2) is 25.8 Å². The molecule has 1 fully saturated rings. The molecule has 6 heteroatoms. The molecule has 1 aromatic rings. The molecule has 1 N–H and O–H groups in total. The summed E-state index contributed by atoms with van der Waals surface area (Å²) in [6.45, 7) is 2.38. The van der Waals surface area contributed by atoms with Crippen molar-refractivity contribution < 1.29 is 14.3 Å². The van der Waals surface area contributed by atoms with Crippen LogP contribution in [0.2, 0.25) is 5.02 Å². The van der Waals surface area contributed by atoms with Gasteiger partial charge in [0.25, 0.3) is 0 Å². The van der Waals surface area contributed by atoms with Crippen LogP contribution in [0.1, 0.15) is 25.3 Å². The third-order valence-corrected chi connectivity index (χ3v) is 3.15. The summed E-state index contributed by atoms with van der Waals surface area (Å²) in [6, 6.07) is 3.47. The number of hydrogen-bond donors (Lipinski definition) is 1. The van der Waals surface area contributed by atoms with Crippen molar-refractivity contribution in [1.82, 2.24) is 5.43 Å². The molecule has 0 saturated heterocycles. The molecular formula is C14H17ClN2O3. The molecule has 5 nitrogen and oxygen atoms in total. The summed E-state index contributed by atoms with van der Waals surface area (Å²) in [5.74, 6) is 1.14. The Hall–Kier alpha value is -1.75. The normalized spacial score (nSPS) is 14.3. The van der Waals surface area contributed by atoms with Gasteiger partial charge in [0.15, 0.2) is 11.5 Å². The molecule has 1 amide bonds. The van der Waals surface area contributed by atoms with Crippen LogP contribution in [-0.2, 0) is 4.79 Å². The molecular weight excluding hydrogens is 280 g/mol. The van der Waals surface area contributed by atoms with Gasteiger partial charge in [0.2, 0.25) is 5.91 Å². The first kappa shape index (κ1) is 14.7. The highest BCUT2D eigenvalue weighted by atomic mass is 35.5. The Balaban J connectivity index is 2.10. The summed E-state index contributed by atoms with van der Waals surface area (Å²) < 4.78 is 10.7. The highest BCUT2D eigenvalue weighted by Crippen LogP contribution is 2.35. The molecule has 1 saturated carbocycles.